The SMILES string of the molecule is CNc1ncc(-c2ccccc2C)cn1. The number of aryl methyl sites for hydroxylation is 1. The van der Waals surface area contributed by atoms with Gasteiger partial charge in [-0.2, -0.15) is 0 Å². The molecule has 0 amide bonds. The van der Waals surface area contributed by atoms with Crippen LogP contribution in [0, 0.1) is 6.92 Å². The second-order valence-corrected chi connectivity index (χ2v) is 3.36. The van der Waals surface area contributed by atoms with Crippen LogP contribution in [-0.2, 0) is 0 Å². The Morgan fingerprint density at radius 2 is 1.73 bits per heavy atom. The highest BCUT2D eigenvalue weighted by Gasteiger charge is 2.01. The van der Waals surface area contributed by atoms with E-state index >= 15 is 0 Å². The highest BCUT2D eigenvalue weighted by molar-refractivity contribution is 5.65. The summed E-state index contributed by atoms with van der Waals surface area (Å²) in [5.41, 5.74) is 3.46. The minimum atomic E-state index is 0.646. The van der Waals surface area contributed by atoms with Crippen LogP contribution in [0.25, 0.3) is 11.1 Å². The summed E-state index contributed by atoms with van der Waals surface area (Å²) in [4.78, 5) is 8.38. The van der Waals surface area contributed by atoms with Gasteiger partial charge in [0.2, 0.25) is 5.95 Å². The predicted molar refractivity (Wildman–Crippen MR) is 61.8 cm³/mol. The molecule has 3 nitrogen and oxygen atoms in total. The van der Waals surface area contributed by atoms with Gasteiger partial charge in [0.1, 0.15) is 0 Å². The highest BCUT2D eigenvalue weighted by Crippen LogP contribution is 2.21. The molecular formula is C12H13N3. The molecule has 76 valence electrons. The van der Waals surface area contributed by atoms with Crippen molar-refractivity contribution in [2.24, 2.45) is 0 Å². The van der Waals surface area contributed by atoms with E-state index in [4.69, 9.17) is 0 Å². The third-order valence-electron chi connectivity index (χ3n) is 2.33. The van der Waals surface area contributed by atoms with Crippen LogP contribution in [0.4, 0.5) is 5.95 Å². The number of rotatable bonds is 2. The average molecular weight is 199 g/mol. The van der Waals surface area contributed by atoms with Gasteiger partial charge in [-0.25, -0.2) is 9.97 Å². The van der Waals surface area contributed by atoms with Crippen molar-refractivity contribution in [1.29, 1.82) is 0 Å². The summed E-state index contributed by atoms with van der Waals surface area (Å²) < 4.78 is 0. The summed E-state index contributed by atoms with van der Waals surface area (Å²) in [7, 11) is 1.81. The van der Waals surface area contributed by atoms with Crippen LogP contribution < -0.4 is 5.32 Å². The molecule has 0 saturated carbocycles. The van der Waals surface area contributed by atoms with Crippen molar-refractivity contribution in [3.8, 4) is 11.1 Å². The van der Waals surface area contributed by atoms with Crippen LogP contribution in [0.3, 0.4) is 0 Å². The molecule has 1 aromatic carbocycles. The molecule has 0 bridgehead atoms. The van der Waals surface area contributed by atoms with Crippen molar-refractivity contribution in [2.45, 2.75) is 6.92 Å². The zero-order chi connectivity index (χ0) is 10.7. The molecule has 1 heterocycles. The molecule has 0 saturated heterocycles. The Balaban J connectivity index is 2.42. The molecule has 0 aliphatic carbocycles. The zero-order valence-corrected chi connectivity index (χ0v) is 8.86. The van der Waals surface area contributed by atoms with Crippen molar-refractivity contribution in [1.82, 2.24) is 9.97 Å². The minimum absolute atomic E-state index is 0.646. The fourth-order valence-electron chi connectivity index (χ4n) is 1.49. The maximum absolute atomic E-state index is 4.19. The largest absolute Gasteiger partial charge is 0.357 e. The molecule has 2 aromatic rings. The molecule has 0 unspecified atom stereocenters. The third kappa shape index (κ3) is 1.96. The Labute approximate surface area is 89.2 Å². The summed E-state index contributed by atoms with van der Waals surface area (Å²) in [5.74, 6) is 0.646. The van der Waals surface area contributed by atoms with Gasteiger partial charge in [-0.3, -0.25) is 0 Å². The number of anilines is 1. The molecule has 0 radical (unpaired) electrons. The van der Waals surface area contributed by atoms with E-state index in [0.29, 0.717) is 5.95 Å². The monoisotopic (exact) mass is 199 g/mol. The molecule has 1 aromatic heterocycles. The Morgan fingerprint density at radius 3 is 2.33 bits per heavy atom. The second kappa shape index (κ2) is 4.09. The van der Waals surface area contributed by atoms with Gasteiger partial charge in [0, 0.05) is 25.0 Å². The Hall–Kier alpha value is -1.90. The first-order valence-electron chi connectivity index (χ1n) is 4.87. The molecule has 1 N–H and O–H groups in total. The number of nitrogens with zero attached hydrogens (tertiary/aromatic N) is 2. The van der Waals surface area contributed by atoms with E-state index in [2.05, 4.69) is 34.3 Å². The average Bonchev–Trinajstić information content (AvgIpc) is 2.30. The van der Waals surface area contributed by atoms with Crippen molar-refractivity contribution >= 4 is 5.95 Å². The van der Waals surface area contributed by atoms with Gasteiger partial charge in [-0.05, 0) is 18.1 Å². The number of benzene rings is 1. The Morgan fingerprint density at radius 1 is 1.07 bits per heavy atom. The van der Waals surface area contributed by atoms with Crippen LogP contribution in [0.2, 0.25) is 0 Å². The lowest BCUT2D eigenvalue weighted by Crippen LogP contribution is -1.95. The summed E-state index contributed by atoms with van der Waals surface area (Å²) in [6, 6.07) is 8.21. The van der Waals surface area contributed by atoms with E-state index in [1.165, 1.54) is 11.1 Å². The lowest BCUT2D eigenvalue weighted by Gasteiger charge is -2.05. The van der Waals surface area contributed by atoms with Crippen LogP contribution in [0.5, 0.6) is 0 Å². The van der Waals surface area contributed by atoms with Crippen molar-refractivity contribution in [3.05, 3.63) is 42.2 Å². The Bertz CT molecular complexity index is 449. The van der Waals surface area contributed by atoms with Crippen LogP contribution in [0.15, 0.2) is 36.7 Å². The van der Waals surface area contributed by atoms with Gasteiger partial charge < -0.3 is 5.32 Å². The molecule has 0 aliphatic rings. The zero-order valence-electron chi connectivity index (χ0n) is 8.86. The lowest BCUT2D eigenvalue weighted by molar-refractivity contribution is 1.15. The van der Waals surface area contributed by atoms with Crippen molar-refractivity contribution < 1.29 is 0 Å². The fourth-order valence-corrected chi connectivity index (χ4v) is 1.49. The van der Waals surface area contributed by atoms with E-state index in [1.807, 2.05) is 31.6 Å². The summed E-state index contributed by atoms with van der Waals surface area (Å²) in [6.45, 7) is 2.08. The van der Waals surface area contributed by atoms with E-state index in [-0.39, 0.29) is 0 Å². The number of aromatic nitrogens is 2. The fraction of sp³-hybridized carbons (Fsp3) is 0.167. The molecule has 15 heavy (non-hydrogen) atoms. The number of hydrogen-bond acceptors (Lipinski definition) is 3. The van der Waals surface area contributed by atoms with Gasteiger partial charge in [0.05, 0.1) is 0 Å². The summed E-state index contributed by atoms with van der Waals surface area (Å²) in [5, 5.41) is 2.90. The smallest absolute Gasteiger partial charge is 0.222 e. The molecule has 3 heteroatoms. The molecule has 0 aliphatic heterocycles. The molecule has 0 fully saturated rings. The summed E-state index contributed by atoms with van der Waals surface area (Å²) in [6.07, 6.45) is 3.67. The van der Waals surface area contributed by atoms with E-state index in [9.17, 15) is 0 Å². The normalized spacial score (nSPS) is 10.0. The van der Waals surface area contributed by atoms with Gasteiger partial charge in [0.15, 0.2) is 0 Å². The molecule has 2 rings (SSSR count). The van der Waals surface area contributed by atoms with Gasteiger partial charge in [-0.1, -0.05) is 24.3 Å². The maximum atomic E-state index is 4.19. The van der Waals surface area contributed by atoms with E-state index in [1.54, 1.807) is 0 Å². The van der Waals surface area contributed by atoms with Crippen molar-refractivity contribution in [2.75, 3.05) is 12.4 Å². The first kappa shape index (κ1) is 9.65. The molecule has 0 atom stereocenters. The van der Waals surface area contributed by atoms with Crippen LogP contribution in [-0.4, -0.2) is 17.0 Å². The molecule has 0 spiro atoms. The lowest BCUT2D eigenvalue weighted by atomic mass is 10.0. The number of nitrogens with one attached hydrogen (secondary N) is 1. The van der Waals surface area contributed by atoms with Crippen LogP contribution in [0.1, 0.15) is 5.56 Å². The standard InChI is InChI=1S/C12H13N3/c1-9-5-3-4-6-11(9)10-7-14-12(13-2)15-8-10/h3-8H,1-2H3,(H,13,14,15). The van der Waals surface area contributed by atoms with E-state index in [0.717, 1.165) is 5.56 Å². The van der Waals surface area contributed by atoms with Gasteiger partial charge in [0.25, 0.3) is 0 Å². The predicted octanol–water partition coefficient (Wildman–Crippen LogP) is 2.49. The number of hydrogen-bond donors (Lipinski definition) is 1. The van der Waals surface area contributed by atoms with Gasteiger partial charge in [-0.15, -0.1) is 0 Å². The minimum Gasteiger partial charge on any atom is -0.357 e. The quantitative estimate of drug-likeness (QED) is 0.807. The second-order valence-electron chi connectivity index (χ2n) is 3.36. The topological polar surface area (TPSA) is 37.8 Å². The molecular weight excluding hydrogens is 186 g/mol. The highest BCUT2D eigenvalue weighted by atomic mass is 15.1. The summed E-state index contributed by atoms with van der Waals surface area (Å²) >= 11 is 0. The van der Waals surface area contributed by atoms with Crippen molar-refractivity contribution in [3.63, 3.8) is 0 Å². The van der Waals surface area contributed by atoms with Crippen LogP contribution >= 0.6 is 0 Å². The third-order valence-corrected chi connectivity index (χ3v) is 2.33. The first-order valence-corrected chi connectivity index (χ1v) is 4.87. The maximum Gasteiger partial charge on any atom is 0.222 e. The van der Waals surface area contributed by atoms with E-state index < -0.39 is 0 Å². The first-order chi connectivity index (χ1) is 7.31. The van der Waals surface area contributed by atoms with Gasteiger partial charge >= 0.3 is 0 Å². The Kier molecular flexibility index (Phi) is 2.63.